The highest BCUT2D eigenvalue weighted by molar-refractivity contribution is 7.89. The Morgan fingerprint density at radius 3 is 2.74 bits per heavy atom. The zero-order valence-corrected chi connectivity index (χ0v) is 20.6. The quantitative estimate of drug-likeness (QED) is 0.612. The van der Waals surface area contributed by atoms with Crippen LogP contribution in [-0.4, -0.2) is 66.6 Å². The predicted molar refractivity (Wildman–Crippen MR) is 132 cm³/mol. The van der Waals surface area contributed by atoms with Crippen LogP contribution < -0.4 is 4.74 Å². The summed E-state index contributed by atoms with van der Waals surface area (Å²) < 4.78 is 35.1. The number of aromatic nitrogens is 1. The molecule has 3 atom stereocenters. The van der Waals surface area contributed by atoms with E-state index in [2.05, 4.69) is 15.6 Å². The van der Waals surface area contributed by atoms with Crippen molar-refractivity contribution < 1.29 is 18.3 Å². The van der Waals surface area contributed by atoms with Gasteiger partial charge in [-0.15, -0.1) is 5.73 Å². The van der Waals surface area contributed by atoms with Gasteiger partial charge in [-0.2, -0.15) is 4.31 Å². The second-order valence-corrected chi connectivity index (χ2v) is 10.9. The van der Waals surface area contributed by atoms with Crippen LogP contribution >= 0.6 is 0 Å². The van der Waals surface area contributed by atoms with Crippen molar-refractivity contribution >= 4 is 15.6 Å². The van der Waals surface area contributed by atoms with Crippen LogP contribution in [0.1, 0.15) is 25.0 Å². The number of aliphatic hydroxyl groups excluding tert-OH is 1. The number of hydrogen-bond donors (Lipinski definition) is 1. The lowest BCUT2D eigenvalue weighted by Crippen LogP contribution is -2.49. The Hall–Kier alpha value is -2.74. The topological polar surface area (TPSA) is 83.0 Å². The van der Waals surface area contributed by atoms with E-state index in [0.717, 1.165) is 23.2 Å². The summed E-state index contributed by atoms with van der Waals surface area (Å²) in [5, 5.41) is 9.81. The van der Waals surface area contributed by atoms with Crippen LogP contribution in [0.4, 0.5) is 0 Å². The molecule has 0 spiro atoms. The van der Waals surface area contributed by atoms with Crippen molar-refractivity contribution in [2.24, 2.45) is 5.92 Å². The summed E-state index contributed by atoms with van der Waals surface area (Å²) in [7, 11) is -1.83. The molecule has 0 saturated heterocycles. The van der Waals surface area contributed by atoms with Crippen LogP contribution in [0.2, 0.25) is 0 Å². The van der Waals surface area contributed by atoms with Gasteiger partial charge in [0.25, 0.3) is 0 Å². The van der Waals surface area contributed by atoms with Crippen LogP contribution in [0.5, 0.6) is 5.75 Å². The highest BCUT2D eigenvalue weighted by Crippen LogP contribution is 2.36. The van der Waals surface area contributed by atoms with Gasteiger partial charge in [0.05, 0.1) is 6.61 Å². The van der Waals surface area contributed by atoms with Crippen molar-refractivity contribution in [3.8, 4) is 5.75 Å². The molecule has 1 N–H and O–H groups in total. The number of nitrogens with zero attached hydrogens (tertiary/aromatic N) is 3. The molecule has 1 aliphatic heterocycles. The van der Waals surface area contributed by atoms with E-state index in [4.69, 9.17) is 4.74 Å². The first kappa shape index (κ1) is 24.4. The average Bonchev–Trinajstić information content (AvgIpc) is 3.36. The van der Waals surface area contributed by atoms with E-state index in [-0.39, 0.29) is 30.1 Å². The predicted octanol–water partition coefficient (Wildman–Crippen LogP) is 3.09. The second kappa shape index (κ2) is 10.3. The van der Waals surface area contributed by atoms with Gasteiger partial charge in [0, 0.05) is 49.6 Å². The van der Waals surface area contributed by atoms with E-state index in [1.54, 1.807) is 37.5 Å². The van der Waals surface area contributed by atoms with Gasteiger partial charge in [-0.3, -0.25) is 9.88 Å². The van der Waals surface area contributed by atoms with Crippen LogP contribution in [0.25, 0.3) is 5.57 Å². The lowest BCUT2D eigenvalue weighted by atomic mass is 10.0. The molecule has 2 aromatic rings. The maximum Gasteiger partial charge on any atom is 0.247 e. The zero-order valence-electron chi connectivity index (χ0n) is 19.8. The first-order valence-electron chi connectivity index (χ1n) is 11.4. The van der Waals surface area contributed by atoms with Gasteiger partial charge in [-0.1, -0.05) is 19.1 Å². The number of fused-ring (bicyclic) bond motifs is 1. The fourth-order valence-electron chi connectivity index (χ4n) is 4.29. The van der Waals surface area contributed by atoms with Crippen LogP contribution in [-0.2, 0) is 16.6 Å². The minimum atomic E-state index is -3.86. The highest BCUT2D eigenvalue weighted by atomic mass is 32.2. The Labute approximate surface area is 201 Å². The van der Waals surface area contributed by atoms with Crippen LogP contribution in [0.15, 0.2) is 71.6 Å². The van der Waals surface area contributed by atoms with Gasteiger partial charge in [0.15, 0.2) is 0 Å². The summed E-state index contributed by atoms with van der Waals surface area (Å²) in [5.41, 5.74) is 6.03. The Morgan fingerprint density at radius 1 is 1.29 bits per heavy atom. The molecule has 0 fully saturated rings. The maximum absolute atomic E-state index is 13.6. The van der Waals surface area contributed by atoms with Gasteiger partial charge in [0.1, 0.15) is 16.7 Å². The fourth-order valence-corrected chi connectivity index (χ4v) is 6.12. The lowest BCUT2D eigenvalue weighted by Gasteiger charge is -2.37. The van der Waals surface area contributed by atoms with Crippen molar-refractivity contribution in [1.82, 2.24) is 14.2 Å². The summed E-state index contributed by atoms with van der Waals surface area (Å²) in [5.74, 6) is 0.224. The Bertz CT molecular complexity index is 1220. The van der Waals surface area contributed by atoms with Gasteiger partial charge >= 0.3 is 0 Å². The molecule has 0 saturated carbocycles. The van der Waals surface area contributed by atoms with Crippen molar-refractivity contribution in [3.63, 3.8) is 0 Å². The molecule has 2 aliphatic rings. The number of hydrogen-bond acceptors (Lipinski definition) is 6. The standard InChI is InChI=1S/C26H31N3O4S/c1-19-15-29(20(2)18-30)34(31,32)26-9-8-23(22-6-4-5-7-22)14-24(26)33-25(19)17-28(3)16-21-10-12-27-13-11-21/h4-6,8-14,19-20,25,30H,15-18H2,1-3H3/t19-,20+,25+/m0/s1. The molecule has 0 amide bonds. The zero-order chi connectivity index (χ0) is 24.3. The molecule has 1 aliphatic carbocycles. The Balaban J connectivity index is 1.70. The molecule has 180 valence electrons. The number of aliphatic hydroxyl groups is 1. The molecule has 7 nitrogen and oxygen atoms in total. The third-order valence-corrected chi connectivity index (χ3v) is 8.29. The molecular weight excluding hydrogens is 450 g/mol. The van der Waals surface area contributed by atoms with Gasteiger partial charge < -0.3 is 9.84 Å². The summed E-state index contributed by atoms with van der Waals surface area (Å²) in [4.78, 5) is 6.37. The SMILES string of the molecule is C[C@H](CO)N1C[C@H](C)[C@@H](CN(C)Cc2ccncc2)Oc2cc(C3=C=CC=C3)ccc2S1(=O)=O. The molecule has 34 heavy (non-hydrogen) atoms. The van der Waals surface area contributed by atoms with E-state index in [9.17, 15) is 13.5 Å². The molecule has 0 radical (unpaired) electrons. The molecule has 8 heteroatoms. The second-order valence-electron chi connectivity index (χ2n) is 9.04. The Morgan fingerprint density at radius 2 is 2.06 bits per heavy atom. The summed E-state index contributed by atoms with van der Waals surface area (Å²) in [6.07, 6.45) is 8.95. The summed E-state index contributed by atoms with van der Waals surface area (Å²) >= 11 is 0. The van der Waals surface area contributed by atoms with Crippen molar-refractivity contribution in [3.05, 3.63) is 77.8 Å². The average molecular weight is 482 g/mol. The molecular formula is C26H31N3O4S. The van der Waals surface area contributed by atoms with Gasteiger partial charge in [0.2, 0.25) is 10.0 Å². The number of benzene rings is 1. The van der Waals surface area contributed by atoms with E-state index in [1.165, 1.54) is 4.31 Å². The fraction of sp³-hybridized carbons (Fsp3) is 0.385. The van der Waals surface area contributed by atoms with Crippen molar-refractivity contribution in [1.29, 1.82) is 0 Å². The van der Waals surface area contributed by atoms with E-state index in [0.29, 0.717) is 12.3 Å². The van der Waals surface area contributed by atoms with E-state index in [1.807, 2.05) is 44.3 Å². The van der Waals surface area contributed by atoms with Crippen molar-refractivity contribution in [2.45, 2.75) is 37.4 Å². The summed E-state index contributed by atoms with van der Waals surface area (Å²) in [6.45, 7) is 5.06. The lowest BCUT2D eigenvalue weighted by molar-refractivity contribution is 0.0733. The molecule has 1 aromatic carbocycles. The number of pyridine rings is 1. The molecule has 1 aromatic heterocycles. The van der Waals surface area contributed by atoms with E-state index >= 15 is 0 Å². The minimum Gasteiger partial charge on any atom is -0.487 e. The molecule has 2 heterocycles. The van der Waals surface area contributed by atoms with E-state index < -0.39 is 16.1 Å². The largest absolute Gasteiger partial charge is 0.487 e. The highest BCUT2D eigenvalue weighted by Gasteiger charge is 2.38. The number of likely N-dealkylation sites (N-methyl/N-ethyl adjacent to an activating group) is 1. The first-order valence-corrected chi connectivity index (χ1v) is 12.9. The van der Waals surface area contributed by atoms with Gasteiger partial charge in [-0.25, -0.2) is 8.42 Å². The number of rotatable bonds is 7. The van der Waals surface area contributed by atoms with Crippen LogP contribution in [0.3, 0.4) is 0 Å². The third-order valence-electron chi connectivity index (χ3n) is 6.27. The Kier molecular flexibility index (Phi) is 7.36. The monoisotopic (exact) mass is 481 g/mol. The molecule has 0 bridgehead atoms. The van der Waals surface area contributed by atoms with Gasteiger partial charge in [-0.05, 0) is 61.5 Å². The number of ether oxygens (including phenoxy) is 1. The first-order chi connectivity index (χ1) is 16.3. The minimum absolute atomic E-state index is 0.106. The summed E-state index contributed by atoms with van der Waals surface area (Å²) in [6, 6.07) is 8.59. The number of sulfonamides is 1. The molecule has 4 rings (SSSR count). The molecule has 0 unspecified atom stereocenters. The third kappa shape index (κ3) is 5.17. The smallest absolute Gasteiger partial charge is 0.247 e. The maximum atomic E-state index is 13.6. The number of allylic oxidation sites excluding steroid dienone is 3. The normalized spacial score (nSPS) is 22.6. The van der Waals surface area contributed by atoms with Crippen LogP contribution in [0, 0.1) is 5.92 Å². The van der Waals surface area contributed by atoms with Crippen molar-refractivity contribution in [2.75, 3.05) is 26.7 Å².